The third kappa shape index (κ3) is 2.45. The molecule has 1 aromatic carbocycles. The number of anilines is 1. The zero-order chi connectivity index (χ0) is 19.5. The van der Waals surface area contributed by atoms with Gasteiger partial charge >= 0.3 is 15.5 Å². The van der Waals surface area contributed by atoms with Gasteiger partial charge in [0, 0.05) is 25.1 Å². The van der Waals surface area contributed by atoms with E-state index in [9.17, 15) is 26.4 Å². The molecule has 0 saturated heterocycles. The van der Waals surface area contributed by atoms with Crippen LogP contribution in [0.4, 0.5) is 18.9 Å². The molecule has 26 heavy (non-hydrogen) atoms. The standard InChI is InChI=1S/C17H17F3N2O3S/c1-11(2)12-4-5-13-14(10-12)21(3)15(23)16(13)6-8-22(9-7-16)26(24,25)17(18,19)20/h4-11H,1-3H3. The van der Waals surface area contributed by atoms with Gasteiger partial charge in [-0.3, -0.25) is 4.79 Å². The summed E-state index contributed by atoms with van der Waals surface area (Å²) in [5.41, 5.74) is -4.46. The van der Waals surface area contributed by atoms with Crippen LogP contribution in [0.1, 0.15) is 30.9 Å². The average Bonchev–Trinajstić information content (AvgIpc) is 2.76. The van der Waals surface area contributed by atoms with Crippen molar-refractivity contribution in [3.8, 4) is 0 Å². The molecule has 5 nitrogen and oxygen atoms in total. The van der Waals surface area contributed by atoms with Crippen molar-refractivity contribution in [2.75, 3.05) is 11.9 Å². The van der Waals surface area contributed by atoms with Crippen molar-refractivity contribution in [3.63, 3.8) is 0 Å². The van der Waals surface area contributed by atoms with Crippen LogP contribution in [0.15, 0.2) is 42.8 Å². The number of nitrogens with zero attached hydrogens (tertiary/aromatic N) is 2. The lowest BCUT2D eigenvalue weighted by Gasteiger charge is -2.28. The van der Waals surface area contributed by atoms with E-state index in [1.54, 1.807) is 13.1 Å². The predicted octanol–water partition coefficient (Wildman–Crippen LogP) is 3.22. The van der Waals surface area contributed by atoms with Gasteiger partial charge in [-0.1, -0.05) is 26.0 Å². The molecule has 0 radical (unpaired) electrons. The largest absolute Gasteiger partial charge is 0.517 e. The Morgan fingerprint density at radius 1 is 1.12 bits per heavy atom. The van der Waals surface area contributed by atoms with E-state index in [-0.39, 0.29) is 16.1 Å². The molecule has 2 heterocycles. The van der Waals surface area contributed by atoms with E-state index in [1.165, 1.54) is 17.1 Å². The summed E-state index contributed by atoms with van der Waals surface area (Å²) in [6, 6.07) is 5.49. The first-order chi connectivity index (χ1) is 11.9. The number of carbonyl (C=O) groups excluding carboxylic acids is 1. The molecule has 2 aliphatic heterocycles. The third-order valence-corrected chi connectivity index (χ3v) is 6.08. The molecule has 2 aliphatic rings. The second-order valence-corrected chi connectivity index (χ2v) is 8.41. The summed E-state index contributed by atoms with van der Waals surface area (Å²) in [6.07, 6.45) is 3.94. The van der Waals surface area contributed by atoms with Crippen molar-refractivity contribution < 1.29 is 26.4 Å². The lowest BCUT2D eigenvalue weighted by Crippen LogP contribution is -2.40. The van der Waals surface area contributed by atoms with E-state index in [2.05, 4.69) is 0 Å². The van der Waals surface area contributed by atoms with E-state index in [1.807, 2.05) is 26.0 Å². The predicted molar refractivity (Wildman–Crippen MR) is 90.7 cm³/mol. The lowest BCUT2D eigenvalue weighted by molar-refractivity contribution is -0.120. The topological polar surface area (TPSA) is 57.7 Å². The van der Waals surface area contributed by atoms with Crippen molar-refractivity contribution in [3.05, 3.63) is 53.9 Å². The van der Waals surface area contributed by atoms with Crippen LogP contribution in [-0.2, 0) is 20.2 Å². The van der Waals surface area contributed by atoms with E-state index >= 15 is 0 Å². The second kappa shape index (κ2) is 5.60. The Balaban J connectivity index is 2.06. The molecule has 0 atom stereocenters. The Morgan fingerprint density at radius 2 is 1.69 bits per heavy atom. The number of fused-ring (bicyclic) bond motifs is 2. The zero-order valence-electron chi connectivity index (χ0n) is 14.3. The van der Waals surface area contributed by atoms with Gasteiger partial charge in [0.15, 0.2) is 0 Å². The zero-order valence-corrected chi connectivity index (χ0v) is 15.1. The lowest BCUT2D eigenvalue weighted by atomic mass is 9.80. The maximum absolute atomic E-state index is 12.8. The van der Waals surface area contributed by atoms with Gasteiger partial charge < -0.3 is 4.90 Å². The molecule has 0 aliphatic carbocycles. The molecule has 0 aromatic heterocycles. The first kappa shape index (κ1) is 18.5. The number of hydrogen-bond acceptors (Lipinski definition) is 3. The molecule has 0 saturated carbocycles. The van der Waals surface area contributed by atoms with Crippen LogP contribution in [0.3, 0.4) is 0 Å². The summed E-state index contributed by atoms with van der Waals surface area (Å²) < 4.78 is 61.3. The fourth-order valence-electron chi connectivity index (χ4n) is 3.13. The molecule has 1 aromatic rings. The molecule has 0 unspecified atom stereocenters. The van der Waals surface area contributed by atoms with Gasteiger partial charge in [0.05, 0.1) is 0 Å². The SMILES string of the molecule is CC(C)c1ccc2c(c1)N(C)C(=O)C21C=CN(S(=O)(=O)C(F)(F)F)C=C1. The van der Waals surface area contributed by atoms with Crippen molar-refractivity contribution in [2.45, 2.75) is 30.7 Å². The molecule has 9 heteroatoms. The van der Waals surface area contributed by atoms with Crippen molar-refractivity contribution in [2.24, 2.45) is 0 Å². The van der Waals surface area contributed by atoms with Crippen LogP contribution < -0.4 is 4.90 Å². The highest BCUT2D eigenvalue weighted by Gasteiger charge is 2.52. The van der Waals surface area contributed by atoms with Gasteiger partial charge in [-0.05, 0) is 35.3 Å². The van der Waals surface area contributed by atoms with Gasteiger partial charge in [0.2, 0.25) is 5.91 Å². The van der Waals surface area contributed by atoms with Crippen LogP contribution in [0.2, 0.25) is 0 Å². The highest BCUT2D eigenvalue weighted by molar-refractivity contribution is 7.90. The molecule has 3 rings (SSSR count). The number of likely N-dealkylation sites (N-methyl/N-ethyl adjacent to an activating group) is 1. The summed E-state index contributed by atoms with van der Waals surface area (Å²) in [5, 5.41) is 0. The number of halogens is 3. The van der Waals surface area contributed by atoms with Crippen LogP contribution in [0.25, 0.3) is 0 Å². The highest BCUT2D eigenvalue weighted by Crippen LogP contribution is 2.46. The quantitative estimate of drug-likeness (QED) is 0.784. The fourth-order valence-corrected chi connectivity index (χ4v) is 3.81. The third-order valence-electron chi connectivity index (χ3n) is 4.69. The van der Waals surface area contributed by atoms with Crippen LogP contribution >= 0.6 is 0 Å². The molecular formula is C17H17F3N2O3S. The van der Waals surface area contributed by atoms with E-state index in [0.717, 1.165) is 18.0 Å². The number of rotatable bonds is 2. The monoisotopic (exact) mass is 386 g/mol. The molecule has 1 amide bonds. The van der Waals surface area contributed by atoms with Crippen molar-refractivity contribution >= 4 is 21.6 Å². The minimum Gasteiger partial charge on any atom is -0.314 e. The molecular weight excluding hydrogens is 369 g/mol. The Hall–Kier alpha value is -2.29. The Kier molecular flexibility index (Phi) is 3.99. The van der Waals surface area contributed by atoms with E-state index < -0.39 is 20.9 Å². The number of benzene rings is 1. The smallest absolute Gasteiger partial charge is 0.314 e. The Labute approximate surface area is 149 Å². The summed E-state index contributed by atoms with van der Waals surface area (Å²) in [6.45, 7) is 4.02. The summed E-state index contributed by atoms with van der Waals surface area (Å²) >= 11 is 0. The van der Waals surface area contributed by atoms with E-state index in [4.69, 9.17) is 0 Å². The van der Waals surface area contributed by atoms with Gasteiger partial charge in [-0.2, -0.15) is 21.6 Å². The number of carbonyl (C=O) groups is 1. The van der Waals surface area contributed by atoms with Gasteiger partial charge in [-0.25, -0.2) is 4.31 Å². The highest BCUT2D eigenvalue weighted by atomic mass is 32.2. The number of alkyl halides is 3. The fraction of sp³-hybridized carbons (Fsp3) is 0.353. The number of amides is 1. The molecule has 140 valence electrons. The summed E-state index contributed by atoms with van der Waals surface area (Å²) in [4.78, 5) is 14.2. The van der Waals surface area contributed by atoms with Crippen molar-refractivity contribution in [1.82, 2.24) is 4.31 Å². The minimum absolute atomic E-state index is 0.0754. The van der Waals surface area contributed by atoms with Gasteiger partial charge in [-0.15, -0.1) is 0 Å². The molecule has 1 spiro atoms. The molecule has 0 fully saturated rings. The maximum Gasteiger partial charge on any atom is 0.517 e. The van der Waals surface area contributed by atoms with Gasteiger partial charge in [0.1, 0.15) is 5.41 Å². The Bertz CT molecular complexity index is 919. The van der Waals surface area contributed by atoms with Crippen LogP contribution in [-0.4, -0.2) is 31.2 Å². The maximum atomic E-state index is 12.8. The summed E-state index contributed by atoms with van der Waals surface area (Å²) in [7, 11) is -3.95. The van der Waals surface area contributed by atoms with Crippen LogP contribution in [0, 0.1) is 0 Å². The second-order valence-electron chi connectivity index (χ2n) is 6.58. The van der Waals surface area contributed by atoms with Gasteiger partial charge in [0.25, 0.3) is 0 Å². The van der Waals surface area contributed by atoms with Crippen LogP contribution in [0.5, 0.6) is 0 Å². The molecule has 0 N–H and O–H groups in total. The number of hydrogen-bond donors (Lipinski definition) is 0. The number of sulfonamides is 1. The van der Waals surface area contributed by atoms with Crippen molar-refractivity contribution in [1.29, 1.82) is 0 Å². The average molecular weight is 386 g/mol. The Morgan fingerprint density at radius 3 is 2.19 bits per heavy atom. The summed E-state index contributed by atoms with van der Waals surface area (Å²) in [5.74, 6) is -0.116. The first-order valence-electron chi connectivity index (χ1n) is 7.83. The van der Waals surface area contributed by atoms with E-state index in [0.29, 0.717) is 11.3 Å². The molecule has 0 bridgehead atoms. The minimum atomic E-state index is -5.54. The first-order valence-corrected chi connectivity index (χ1v) is 9.27. The normalized spacial score (nSPS) is 19.0.